The van der Waals surface area contributed by atoms with Crippen LogP contribution in [0.5, 0.6) is 0 Å². The molecule has 0 amide bonds. The van der Waals surface area contributed by atoms with Gasteiger partial charge in [0.1, 0.15) is 11.6 Å². The Bertz CT molecular complexity index is 746. The quantitative estimate of drug-likeness (QED) is 0.763. The molecule has 0 atom stereocenters. The number of hydrogen-bond acceptors (Lipinski definition) is 4. The van der Waals surface area contributed by atoms with Crippen molar-refractivity contribution >= 4 is 28.8 Å². The van der Waals surface area contributed by atoms with Gasteiger partial charge in [-0.1, -0.05) is 29.8 Å². The van der Waals surface area contributed by atoms with Crippen LogP contribution in [-0.2, 0) is 6.54 Å². The highest BCUT2D eigenvalue weighted by atomic mass is 35.5. The number of halogens is 2. The summed E-state index contributed by atoms with van der Waals surface area (Å²) in [5, 5.41) is 5.46. The lowest BCUT2D eigenvalue weighted by Gasteiger charge is -2.09. The minimum Gasteiger partial charge on any atom is -0.365 e. The summed E-state index contributed by atoms with van der Waals surface area (Å²) in [5.41, 5.74) is 4.03. The molecule has 0 aliphatic rings. The predicted molar refractivity (Wildman–Crippen MR) is 84.1 cm³/mol. The van der Waals surface area contributed by atoms with Crippen molar-refractivity contribution in [1.82, 2.24) is 9.97 Å². The van der Waals surface area contributed by atoms with Crippen molar-refractivity contribution in [3.05, 3.63) is 63.8 Å². The van der Waals surface area contributed by atoms with Gasteiger partial charge in [0, 0.05) is 29.2 Å². The van der Waals surface area contributed by atoms with Gasteiger partial charge < -0.3 is 5.32 Å². The molecule has 0 fully saturated rings. The maximum Gasteiger partial charge on any atom is 0.145 e. The lowest BCUT2D eigenvalue weighted by Crippen LogP contribution is -2.03. The second-order valence-electron chi connectivity index (χ2n) is 4.37. The molecule has 3 nitrogen and oxygen atoms in total. The molecule has 2 aromatic heterocycles. The number of anilines is 1. The molecular formula is C15H11ClFN3S. The monoisotopic (exact) mass is 319 g/mol. The van der Waals surface area contributed by atoms with Crippen LogP contribution in [-0.4, -0.2) is 9.97 Å². The molecule has 0 unspecified atom stereocenters. The van der Waals surface area contributed by atoms with E-state index in [1.165, 1.54) is 17.4 Å². The average molecular weight is 320 g/mol. The standard InChI is InChI=1S/C15H11ClFN3S/c16-12-5-11(14-8-21-9-20-14)7-19-15(12)18-6-10-3-1-2-4-13(10)17/h1-5,7-9H,6H2,(H,18,19). The zero-order chi connectivity index (χ0) is 14.7. The van der Waals surface area contributed by atoms with Gasteiger partial charge in [0.15, 0.2) is 0 Å². The second-order valence-corrected chi connectivity index (χ2v) is 5.50. The molecule has 0 aliphatic heterocycles. The lowest BCUT2D eigenvalue weighted by atomic mass is 10.2. The van der Waals surface area contributed by atoms with Gasteiger partial charge in [-0.15, -0.1) is 11.3 Å². The number of nitrogens with one attached hydrogen (secondary N) is 1. The molecule has 0 aliphatic carbocycles. The Morgan fingerprint density at radius 1 is 1.24 bits per heavy atom. The first-order valence-corrected chi connectivity index (χ1v) is 7.57. The molecule has 0 saturated carbocycles. The normalized spacial score (nSPS) is 10.6. The highest BCUT2D eigenvalue weighted by Crippen LogP contribution is 2.26. The van der Waals surface area contributed by atoms with Crippen LogP contribution in [0, 0.1) is 5.82 Å². The minimum atomic E-state index is -0.250. The van der Waals surface area contributed by atoms with E-state index in [-0.39, 0.29) is 5.82 Å². The van der Waals surface area contributed by atoms with Gasteiger partial charge in [0.25, 0.3) is 0 Å². The van der Waals surface area contributed by atoms with E-state index in [1.54, 1.807) is 36.0 Å². The first-order valence-electron chi connectivity index (χ1n) is 6.25. The molecule has 0 saturated heterocycles. The van der Waals surface area contributed by atoms with Crippen molar-refractivity contribution in [3.8, 4) is 11.3 Å². The van der Waals surface area contributed by atoms with Gasteiger partial charge in [0.2, 0.25) is 0 Å². The van der Waals surface area contributed by atoms with Crippen molar-refractivity contribution < 1.29 is 4.39 Å². The van der Waals surface area contributed by atoms with Crippen molar-refractivity contribution in [3.63, 3.8) is 0 Å². The number of pyridine rings is 1. The van der Waals surface area contributed by atoms with Gasteiger partial charge in [-0.3, -0.25) is 0 Å². The highest BCUT2D eigenvalue weighted by Gasteiger charge is 2.07. The Labute approximate surface area is 130 Å². The summed E-state index contributed by atoms with van der Waals surface area (Å²) in [5.74, 6) is 0.277. The molecule has 6 heteroatoms. The van der Waals surface area contributed by atoms with E-state index in [0.717, 1.165) is 11.3 Å². The Morgan fingerprint density at radius 3 is 2.81 bits per heavy atom. The van der Waals surface area contributed by atoms with E-state index >= 15 is 0 Å². The van der Waals surface area contributed by atoms with Crippen molar-refractivity contribution in [2.45, 2.75) is 6.54 Å². The van der Waals surface area contributed by atoms with Crippen molar-refractivity contribution in [2.24, 2.45) is 0 Å². The second kappa shape index (κ2) is 6.20. The zero-order valence-corrected chi connectivity index (χ0v) is 12.5. The molecule has 1 N–H and O–H groups in total. The third-order valence-corrected chi connectivity index (χ3v) is 3.85. The molecule has 3 rings (SSSR count). The summed E-state index contributed by atoms with van der Waals surface area (Å²) < 4.78 is 13.5. The molecule has 0 bridgehead atoms. The number of rotatable bonds is 4. The number of hydrogen-bond donors (Lipinski definition) is 1. The summed E-state index contributed by atoms with van der Waals surface area (Å²) in [7, 11) is 0. The van der Waals surface area contributed by atoms with Crippen LogP contribution in [0.2, 0.25) is 5.02 Å². The SMILES string of the molecule is Fc1ccccc1CNc1ncc(-c2cscn2)cc1Cl. The summed E-state index contributed by atoms with van der Waals surface area (Å²) in [6.07, 6.45) is 1.70. The van der Waals surface area contributed by atoms with Crippen molar-refractivity contribution in [2.75, 3.05) is 5.32 Å². The molecule has 0 radical (unpaired) electrons. The molecule has 3 aromatic rings. The summed E-state index contributed by atoms with van der Waals surface area (Å²) in [4.78, 5) is 8.49. The van der Waals surface area contributed by atoms with Crippen LogP contribution in [0.25, 0.3) is 11.3 Å². The maximum absolute atomic E-state index is 13.5. The lowest BCUT2D eigenvalue weighted by molar-refractivity contribution is 0.613. The first kappa shape index (κ1) is 14.0. The van der Waals surface area contributed by atoms with Gasteiger partial charge in [0.05, 0.1) is 16.2 Å². The molecule has 106 valence electrons. The predicted octanol–water partition coefficient (Wildman–Crippen LogP) is 4.61. The third kappa shape index (κ3) is 3.20. The Hall–Kier alpha value is -1.98. The number of nitrogens with zero attached hydrogens (tertiary/aromatic N) is 2. The Morgan fingerprint density at radius 2 is 2.10 bits per heavy atom. The van der Waals surface area contributed by atoms with E-state index in [2.05, 4.69) is 15.3 Å². The van der Waals surface area contributed by atoms with Gasteiger partial charge in [-0.2, -0.15) is 0 Å². The van der Waals surface area contributed by atoms with E-state index in [1.807, 2.05) is 5.38 Å². The van der Waals surface area contributed by atoms with Gasteiger partial charge in [-0.25, -0.2) is 14.4 Å². The molecule has 2 heterocycles. The maximum atomic E-state index is 13.5. The van der Waals surface area contributed by atoms with Crippen LogP contribution in [0.15, 0.2) is 47.4 Å². The van der Waals surface area contributed by atoms with Crippen LogP contribution >= 0.6 is 22.9 Å². The van der Waals surface area contributed by atoms with Crippen LogP contribution in [0.1, 0.15) is 5.56 Å². The fourth-order valence-corrected chi connectivity index (χ4v) is 2.68. The largest absolute Gasteiger partial charge is 0.365 e. The molecule has 21 heavy (non-hydrogen) atoms. The first-order chi connectivity index (χ1) is 10.2. The van der Waals surface area contributed by atoms with E-state index in [0.29, 0.717) is 22.9 Å². The average Bonchev–Trinajstić information content (AvgIpc) is 3.02. The van der Waals surface area contributed by atoms with Crippen LogP contribution in [0.3, 0.4) is 0 Å². The summed E-state index contributed by atoms with van der Waals surface area (Å²) in [6.45, 7) is 0.329. The summed E-state index contributed by atoms with van der Waals surface area (Å²) >= 11 is 7.72. The smallest absolute Gasteiger partial charge is 0.145 e. The van der Waals surface area contributed by atoms with E-state index in [9.17, 15) is 4.39 Å². The van der Waals surface area contributed by atoms with Gasteiger partial charge in [-0.05, 0) is 12.1 Å². The summed E-state index contributed by atoms with van der Waals surface area (Å²) in [6, 6.07) is 8.40. The van der Waals surface area contributed by atoms with Crippen molar-refractivity contribution in [1.29, 1.82) is 0 Å². The number of benzene rings is 1. The fourth-order valence-electron chi connectivity index (χ4n) is 1.88. The van der Waals surface area contributed by atoms with E-state index in [4.69, 9.17) is 11.6 Å². The minimum absolute atomic E-state index is 0.250. The topological polar surface area (TPSA) is 37.8 Å². The third-order valence-electron chi connectivity index (χ3n) is 2.97. The van der Waals surface area contributed by atoms with Gasteiger partial charge >= 0.3 is 0 Å². The molecule has 1 aromatic carbocycles. The number of aromatic nitrogens is 2. The molecule has 0 spiro atoms. The highest BCUT2D eigenvalue weighted by molar-refractivity contribution is 7.07. The van der Waals surface area contributed by atoms with E-state index < -0.39 is 0 Å². The Balaban J connectivity index is 1.76. The van der Waals surface area contributed by atoms with Crippen LogP contribution < -0.4 is 5.32 Å². The molecular weight excluding hydrogens is 309 g/mol. The Kier molecular flexibility index (Phi) is 4.13. The van der Waals surface area contributed by atoms with Crippen LogP contribution in [0.4, 0.5) is 10.2 Å². The fraction of sp³-hybridized carbons (Fsp3) is 0.0667. The zero-order valence-electron chi connectivity index (χ0n) is 10.9. The number of thiazole rings is 1.